The molecule has 0 fully saturated rings. The third kappa shape index (κ3) is 3.31. The average Bonchev–Trinajstić information content (AvgIpc) is 2.77. The highest BCUT2D eigenvalue weighted by Crippen LogP contribution is 2.17. The van der Waals surface area contributed by atoms with Gasteiger partial charge in [0.2, 0.25) is 0 Å². The maximum absolute atomic E-state index is 5.38. The Hall–Kier alpha value is -1.33. The van der Waals surface area contributed by atoms with Crippen molar-refractivity contribution in [1.82, 2.24) is 9.78 Å². The Kier molecular flexibility index (Phi) is 4.17. The second-order valence-corrected chi connectivity index (χ2v) is 4.46. The number of rotatable bonds is 5. The van der Waals surface area contributed by atoms with E-state index in [0.717, 1.165) is 10.2 Å². The number of nitrogens with zero attached hydrogens (tertiary/aromatic N) is 2. The third-order valence-corrected chi connectivity index (χ3v) is 3.06. The van der Waals surface area contributed by atoms with Gasteiger partial charge in [-0.1, -0.05) is 34.1 Å². The van der Waals surface area contributed by atoms with Gasteiger partial charge >= 0.3 is 0 Å². The minimum atomic E-state index is 0.509. The van der Waals surface area contributed by atoms with Gasteiger partial charge in [0.1, 0.15) is 6.61 Å². The zero-order valence-electron chi connectivity index (χ0n) is 9.34. The first-order valence-electron chi connectivity index (χ1n) is 5.38. The van der Waals surface area contributed by atoms with E-state index in [1.165, 1.54) is 5.56 Å². The molecule has 0 radical (unpaired) electrons. The molecular formula is C12H14BrN3O. The van der Waals surface area contributed by atoms with Crippen LogP contribution >= 0.6 is 15.9 Å². The monoisotopic (exact) mass is 295 g/mol. The van der Waals surface area contributed by atoms with E-state index in [1.807, 2.05) is 29.1 Å². The molecule has 0 aliphatic carbocycles. The third-order valence-electron chi connectivity index (χ3n) is 2.29. The normalized spacial score (nSPS) is 10.5. The van der Waals surface area contributed by atoms with Crippen LogP contribution in [0.1, 0.15) is 5.56 Å². The molecule has 0 bridgehead atoms. The van der Waals surface area contributed by atoms with Crippen molar-refractivity contribution >= 4 is 15.9 Å². The lowest BCUT2D eigenvalue weighted by molar-refractivity contribution is 0.328. The van der Waals surface area contributed by atoms with Crippen LogP contribution in [0.25, 0.3) is 0 Å². The van der Waals surface area contributed by atoms with Gasteiger partial charge in [0.05, 0.1) is 18.9 Å². The maximum atomic E-state index is 5.38. The van der Waals surface area contributed by atoms with Crippen molar-refractivity contribution in [2.45, 2.75) is 6.54 Å². The van der Waals surface area contributed by atoms with E-state index in [9.17, 15) is 0 Å². The van der Waals surface area contributed by atoms with Gasteiger partial charge < -0.3 is 10.5 Å². The van der Waals surface area contributed by atoms with Gasteiger partial charge in [-0.15, -0.1) is 0 Å². The highest BCUT2D eigenvalue weighted by atomic mass is 79.9. The highest BCUT2D eigenvalue weighted by molar-refractivity contribution is 9.10. The summed E-state index contributed by atoms with van der Waals surface area (Å²) in [6, 6.07) is 8.08. The van der Waals surface area contributed by atoms with Gasteiger partial charge in [-0.25, -0.2) is 0 Å². The van der Waals surface area contributed by atoms with Gasteiger partial charge in [-0.2, -0.15) is 5.10 Å². The molecule has 0 aliphatic heterocycles. The molecule has 90 valence electrons. The number of benzene rings is 1. The van der Waals surface area contributed by atoms with E-state index < -0.39 is 0 Å². The molecule has 2 aromatic rings. The first kappa shape index (κ1) is 12.1. The fourth-order valence-electron chi connectivity index (χ4n) is 1.48. The summed E-state index contributed by atoms with van der Waals surface area (Å²) in [6.07, 6.45) is 3.57. The molecule has 2 N–H and O–H groups in total. The summed E-state index contributed by atoms with van der Waals surface area (Å²) in [5.41, 5.74) is 6.55. The molecule has 5 heteroatoms. The van der Waals surface area contributed by atoms with Crippen LogP contribution in [-0.2, 0) is 6.54 Å². The van der Waals surface area contributed by atoms with Crippen LogP contribution in [-0.4, -0.2) is 22.9 Å². The first-order chi connectivity index (χ1) is 8.29. The second-order valence-electron chi connectivity index (χ2n) is 3.60. The average molecular weight is 296 g/mol. The van der Waals surface area contributed by atoms with E-state index in [-0.39, 0.29) is 0 Å². The molecule has 0 unspecified atom stereocenters. The SMILES string of the molecule is NCCOc1cnn(Cc2ccccc2Br)c1. The fourth-order valence-corrected chi connectivity index (χ4v) is 1.89. The Morgan fingerprint density at radius 3 is 2.94 bits per heavy atom. The molecule has 4 nitrogen and oxygen atoms in total. The summed E-state index contributed by atoms with van der Waals surface area (Å²) in [6.45, 7) is 1.74. The zero-order valence-corrected chi connectivity index (χ0v) is 10.9. The standard InChI is InChI=1S/C12H14BrN3O/c13-12-4-2-1-3-10(12)8-16-9-11(7-15-16)17-6-5-14/h1-4,7,9H,5-6,8,14H2. The molecule has 1 heterocycles. The molecule has 0 saturated carbocycles. The molecule has 17 heavy (non-hydrogen) atoms. The molecule has 2 rings (SSSR count). The van der Waals surface area contributed by atoms with Crippen molar-refractivity contribution in [3.8, 4) is 5.75 Å². The Balaban J connectivity index is 2.04. The predicted octanol–water partition coefficient (Wildman–Crippen LogP) is 2.03. The Bertz CT molecular complexity index is 484. The Morgan fingerprint density at radius 1 is 1.35 bits per heavy atom. The van der Waals surface area contributed by atoms with Crippen LogP contribution in [0.3, 0.4) is 0 Å². The van der Waals surface area contributed by atoms with Crippen LogP contribution in [0.4, 0.5) is 0 Å². The number of nitrogens with two attached hydrogens (primary N) is 1. The lowest BCUT2D eigenvalue weighted by Crippen LogP contribution is -2.10. The molecule has 0 aliphatic rings. The molecular weight excluding hydrogens is 282 g/mol. The quantitative estimate of drug-likeness (QED) is 0.918. The summed E-state index contributed by atoms with van der Waals surface area (Å²) in [7, 11) is 0. The summed E-state index contributed by atoms with van der Waals surface area (Å²) in [5.74, 6) is 0.752. The van der Waals surface area contributed by atoms with Crippen molar-refractivity contribution in [3.05, 3.63) is 46.7 Å². The Morgan fingerprint density at radius 2 is 2.18 bits per heavy atom. The number of hydrogen-bond donors (Lipinski definition) is 1. The molecule has 1 aromatic carbocycles. The maximum Gasteiger partial charge on any atom is 0.157 e. The molecule has 0 atom stereocenters. The summed E-state index contributed by atoms with van der Waals surface area (Å²) in [5, 5.41) is 4.24. The summed E-state index contributed by atoms with van der Waals surface area (Å²) in [4.78, 5) is 0. The highest BCUT2D eigenvalue weighted by Gasteiger charge is 2.02. The topological polar surface area (TPSA) is 53.1 Å². The van der Waals surface area contributed by atoms with Gasteiger partial charge in [0.25, 0.3) is 0 Å². The van der Waals surface area contributed by atoms with Crippen LogP contribution in [0.5, 0.6) is 5.75 Å². The van der Waals surface area contributed by atoms with Crippen molar-refractivity contribution in [3.63, 3.8) is 0 Å². The van der Waals surface area contributed by atoms with Crippen molar-refractivity contribution in [1.29, 1.82) is 0 Å². The van der Waals surface area contributed by atoms with Crippen LogP contribution in [0.2, 0.25) is 0 Å². The minimum Gasteiger partial charge on any atom is -0.489 e. The molecule has 0 saturated heterocycles. The lowest BCUT2D eigenvalue weighted by atomic mass is 10.2. The van der Waals surface area contributed by atoms with Crippen LogP contribution in [0.15, 0.2) is 41.1 Å². The molecule has 0 amide bonds. The van der Waals surface area contributed by atoms with Gasteiger partial charge in [-0.05, 0) is 11.6 Å². The number of aromatic nitrogens is 2. The lowest BCUT2D eigenvalue weighted by Gasteiger charge is -2.04. The second kappa shape index (κ2) is 5.84. The number of ether oxygens (including phenoxy) is 1. The van der Waals surface area contributed by atoms with Crippen molar-refractivity contribution < 1.29 is 4.74 Å². The summed E-state index contributed by atoms with van der Waals surface area (Å²) >= 11 is 3.51. The first-order valence-corrected chi connectivity index (χ1v) is 6.17. The number of halogens is 1. The largest absolute Gasteiger partial charge is 0.489 e. The minimum absolute atomic E-state index is 0.509. The van der Waals surface area contributed by atoms with E-state index in [4.69, 9.17) is 10.5 Å². The van der Waals surface area contributed by atoms with Crippen LogP contribution in [0, 0.1) is 0 Å². The molecule has 1 aromatic heterocycles. The molecule has 0 spiro atoms. The predicted molar refractivity (Wildman–Crippen MR) is 70.0 cm³/mol. The van der Waals surface area contributed by atoms with E-state index >= 15 is 0 Å². The number of hydrogen-bond acceptors (Lipinski definition) is 3. The zero-order chi connectivity index (χ0) is 12.1. The van der Waals surface area contributed by atoms with E-state index in [2.05, 4.69) is 27.1 Å². The van der Waals surface area contributed by atoms with Gasteiger partial charge in [-0.3, -0.25) is 4.68 Å². The Labute approximate surface area is 109 Å². The van der Waals surface area contributed by atoms with Gasteiger partial charge in [0, 0.05) is 11.0 Å². The van der Waals surface area contributed by atoms with E-state index in [0.29, 0.717) is 19.7 Å². The smallest absolute Gasteiger partial charge is 0.157 e. The summed E-state index contributed by atoms with van der Waals surface area (Å²) < 4.78 is 8.31. The van der Waals surface area contributed by atoms with E-state index in [1.54, 1.807) is 6.20 Å². The van der Waals surface area contributed by atoms with Gasteiger partial charge in [0.15, 0.2) is 5.75 Å². The van der Waals surface area contributed by atoms with Crippen molar-refractivity contribution in [2.75, 3.05) is 13.2 Å². The van der Waals surface area contributed by atoms with Crippen molar-refractivity contribution in [2.24, 2.45) is 5.73 Å². The van der Waals surface area contributed by atoms with Crippen LogP contribution < -0.4 is 10.5 Å². The fraction of sp³-hybridized carbons (Fsp3) is 0.250.